The standard InChI is InChI=1S/C16H19N/c1-13-10-11-14(7-5-6-12-17-2)16-9-4-3-8-15(13)16/h3-5,7-11,17H,6,12H2,1-2H3. The summed E-state index contributed by atoms with van der Waals surface area (Å²) in [5, 5.41) is 5.84. The van der Waals surface area contributed by atoms with Crippen LogP contribution in [-0.4, -0.2) is 13.6 Å². The Bertz CT molecular complexity index is 526. The summed E-state index contributed by atoms with van der Waals surface area (Å²) in [5.74, 6) is 0. The summed E-state index contributed by atoms with van der Waals surface area (Å²) in [5.41, 5.74) is 2.65. The van der Waals surface area contributed by atoms with Gasteiger partial charge >= 0.3 is 0 Å². The van der Waals surface area contributed by atoms with Crippen molar-refractivity contribution >= 4 is 16.8 Å². The molecule has 0 saturated heterocycles. The molecule has 0 aliphatic rings. The third kappa shape index (κ3) is 2.75. The Hall–Kier alpha value is -1.60. The van der Waals surface area contributed by atoms with Crippen molar-refractivity contribution in [2.24, 2.45) is 0 Å². The van der Waals surface area contributed by atoms with Crippen LogP contribution in [0.5, 0.6) is 0 Å². The van der Waals surface area contributed by atoms with Crippen LogP contribution >= 0.6 is 0 Å². The molecule has 0 aliphatic heterocycles. The minimum absolute atomic E-state index is 1.03. The van der Waals surface area contributed by atoms with Gasteiger partial charge < -0.3 is 5.32 Å². The zero-order valence-corrected chi connectivity index (χ0v) is 10.5. The molecule has 88 valence electrons. The number of nitrogens with one attached hydrogen (secondary N) is 1. The van der Waals surface area contributed by atoms with E-state index in [1.165, 1.54) is 21.9 Å². The van der Waals surface area contributed by atoms with Gasteiger partial charge in [0.2, 0.25) is 0 Å². The molecule has 0 unspecified atom stereocenters. The lowest BCUT2D eigenvalue weighted by Crippen LogP contribution is -2.05. The van der Waals surface area contributed by atoms with E-state index in [0.29, 0.717) is 0 Å². The molecule has 17 heavy (non-hydrogen) atoms. The van der Waals surface area contributed by atoms with E-state index in [9.17, 15) is 0 Å². The minimum atomic E-state index is 1.03. The molecule has 2 aromatic carbocycles. The quantitative estimate of drug-likeness (QED) is 0.781. The molecule has 0 aromatic heterocycles. The van der Waals surface area contributed by atoms with Gasteiger partial charge in [-0.15, -0.1) is 0 Å². The SMILES string of the molecule is CNCCC=Cc1ccc(C)c2ccccc12. The van der Waals surface area contributed by atoms with Gasteiger partial charge in [-0.1, -0.05) is 48.6 Å². The summed E-state index contributed by atoms with van der Waals surface area (Å²) in [7, 11) is 1.98. The van der Waals surface area contributed by atoms with E-state index in [1.807, 2.05) is 7.05 Å². The number of benzene rings is 2. The fraction of sp³-hybridized carbons (Fsp3) is 0.250. The monoisotopic (exact) mass is 225 g/mol. The Morgan fingerprint density at radius 1 is 1.06 bits per heavy atom. The van der Waals surface area contributed by atoms with Crippen molar-refractivity contribution in [3.63, 3.8) is 0 Å². The molecule has 0 aliphatic carbocycles. The van der Waals surface area contributed by atoms with E-state index in [2.05, 4.69) is 60.8 Å². The van der Waals surface area contributed by atoms with Crippen LogP contribution in [-0.2, 0) is 0 Å². The zero-order chi connectivity index (χ0) is 12.1. The summed E-state index contributed by atoms with van der Waals surface area (Å²) in [6, 6.07) is 13.0. The average molecular weight is 225 g/mol. The summed E-state index contributed by atoms with van der Waals surface area (Å²) in [6.07, 6.45) is 5.52. The Morgan fingerprint density at radius 2 is 1.82 bits per heavy atom. The number of rotatable bonds is 4. The number of hydrogen-bond acceptors (Lipinski definition) is 1. The van der Waals surface area contributed by atoms with Crippen molar-refractivity contribution in [1.82, 2.24) is 5.32 Å². The minimum Gasteiger partial charge on any atom is -0.319 e. The molecule has 0 saturated carbocycles. The van der Waals surface area contributed by atoms with E-state index in [0.717, 1.165) is 13.0 Å². The Morgan fingerprint density at radius 3 is 2.59 bits per heavy atom. The molecule has 0 atom stereocenters. The highest BCUT2D eigenvalue weighted by Crippen LogP contribution is 2.23. The first-order valence-electron chi connectivity index (χ1n) is 6.12. The molecule has 0 amide bonds. The van der Waals surface area contributed by atoms with E-state index >= 15 is 0 Å². The molecule has 0 fully saturated rings. The van der Waals surface area contributed by atoms with Crippen molar-refractivity contribution in [2.45, 2.75) is 13.3 Å². The van der Waals surface area contributed by atoms with Gasteiger partial charge in [-0.05, 0) is 48.8 Å². The van der Waals surface area contributed by atoms with E-state index in [-0.39, 0.29) is 0 Å². The second kappa shape index (κ2) is 5.65. The fourth-order valence-electron chi connectivity index (χ4n) is 2.06. The molecule has 0 bridgehead atoms. The predicted molar refractivity (Wildman–Crippen MR) is 76.3 cm³/mol. The molecule has 0 spiro atoms. The van der Waals surface area contributed by atoms with Crippen LogP contribution in [0.15, 0.2) is 42.5 Å². The zero-order valence-electron chi connectivity index (χ0n) is 10.5. The van der Waals surface area contributed by atoms with E-state index in [1.54, 1.807) is 0 Å². The fourth-order valence-corrected chi connectivity index (χ4v) is 2.06. The molecule has 1 N–H and O–H groups in total. The van der Waals surface area contributed by atoms with Crippen LogP contribution in [0.3, 0.4) is 0 Å². The first kappa shape index (κ1) is 11.9. The highest BCUT2D eigenvalue weighted by atomic mass is 14.8. The smallest absolute Gasteiger partial charge is 0.00172 e. The van der Waals surface area contributed by atoms with Crippen LogP contribution in [0.25, 0.3) is 16.8 Å². The van der Waals surface area contributed by atoms with Crippen molar-refractivity contribution in [3.8, 4) is 0 Å². The number of hydrogen-bond donors (Lipinski definition) is 1. The number of fused-ring (bicyclic) bond motifs is 1. The molecule has 1 nitrogen and oxygen atoms in total. The summed E-state index contributed by atoms with van der Waals surface area (Å²) >= 11 is 0. The molecule has 1 heteroatoms. The van der Waals surface area contributed by atoms with Crippen LogP contribution < -0.4 is 5.32 Å². The van der Waals surface area contributed by atoms with Crippen molar-refractivity contribution < 1.29 is 0 Å². The van der Waals surface area contributed by atoms with Crippen LogP contribution in [0.2, 0.25) is 0 Å². The second-order valence-electron chi connectivity index (χ2n) is 4.31. The number of aryl methyl sites for hydroxylation is 1. The third-order valence-corrected chi connectivity index (χ3v) is 3.03. The van der Waals surface area contributed by atoms with Gasteiger partial charge in [0.1, 0.15) is 0 Å². The van der Waals surface area contributed by atoms with Gasteiger partial charge in [0, 0.05) is 0 Å². The van der Waals surface area contributed by atoms with Gasteiger partial charge in [0.05, 0.1) is 0 Å². The lowest BCUT2D eigenvalue weighted by Gasteiger charge is -2.05. The molecular weight excluding hydrogens is 206 g/mol. The van der Waals surface area contributed by atoms with Crippen molar-refractivity contribution in [1.29, 1.82) is 0 Å². The normalized spacial score (nSPS) is 11.4. The molecule has 2 aromatic rings. The molecule has 0 heterocycles. The third-order valence-electron chi connectivity index (χ3n) is 3.03. The Balaban J connectivity index is 2.35. The molecule has 0 radical (unpaired) electrons. The summed E-state index contributed by atoms with van der Waals surface area (Å²) < 4.78 is 0. The summed E-state index contributed by atoms with van der Waals surface area (Å²) in [6.45, 7) is 3.19. The van der Waals surface area contributed by atoms with Gasteiger partial charge in [0.15, 0.2) is 0 Å². The van der Waals surface area contributed by atoms with Crippen molar-refractivity contribution in [3.05, 3.63) is 53.6 Å². The maximum atomic E-state index is 3.15. The van der Waals surface area contributed by atoms with E-state index < -0.39 is 0 Å². The maximum absolute atomic E-state index is 3.15. The highest BCUT2D eigenvalue weighted by Gasteiger charge is 1.99. The lowest BCUT2D eigenvalue weighted by atomic mass is 10.00. The first-order valence-corrected chi connectivity index (χ1v) is 6.12. The lowest BCUT2D eigenvalue weighted by molar-refractivity contribution is 0.809. The highest BCUT2D eigenvalue weighted by molar-refractivity contribution is 5.92. The largest absolute Gasteiger partial charge is 0.319 e. The van der Waals surface area contributed by atoms with Gasteiger partial charge in [-0.3, -0.25) is 0 Å². The van der Waals surface area contributed by atoms with Gasteiger partial charge in [-0.25, -0.2) is 0 Å². The maximum Gasteiger partial charge on any atom is -0.00172 e. The average Bonchev–Trinajstić information content (AvgIpc) is 2.37. The molecular formula is C16H19N. The second-order valence-corrected chi connectivity index (χ2v) is 4.31. The van der Waals surface area contributed by atoms with Crippen molar-refractivity contribution in [2.75, 3.05) is 13.6 Å². The summed E-state index contributed by atoms with van der Waals surface area (Å²) in [4.78, 5) is 0. The first-order chi connectivity index (χ1) is 8.33. The predicted octanol–water partition coefficient (Wildman–Crippen LogP) is 3.77. The van der Waals surface area contributed by atoms with Crippen LogP contribution in [0.4, 0.5) is 0 Å². The Kier molecular flexibility index (Phi) is 3.94. The van der Waals surface area contributed by atoms with Crippen LogP contribution in [0, 0.1) is 6.92 Å². The topological polar surface area (TPSA) is 12.0 Å². The molecule has 2 rings (SSSR count). The van der Waals surface area contributed by atoms with Gasteiger partial charge in [-0.2, -0.15) is 0 Å². The Labute approximate surface area is 103 Å². The van der Waals surface area contributed by atoms with Gasteiger partial charge in [0.25, 0.3) is 0 Å². The van der Waals surface area contributed by atoms with E-state index in [4.69, 9.17) is 0 Å². The van der Waals surface area contributed by atoms with Crippen LogP contribution in [0.1, 0.15) is 17.5 Å².